The third kappa shape index (κ3) is 3.52. The zero-order valence-electron chi connectivity index (χ0n) is 13.9. The van der Waals surface area contributed by atoms with Gasteiger partial charge in [0, 0.05) is 5.75 Å². The van der Waals surface area contributed by atoms with Crippen molar-refractivity contribution in [3.8, 4) is 11.4 Å². The molecule has 4 nitrogen and oxygen atoms in total. The van der Waals surface area contributed by atoms with Gasteiger partial charge in [-0.1, -0.05) is 48.2 Å². The van der Waals surface area contributed by atoms with Gasteiger partial charge in [0.05, 0.1) is 17.7 Å². The molecule has 0 unspecified atom stereocenters. The van der Waals surface area contributed by atoms with Crippen LogP contribution in [0.5, 0.6) is 5.75 Å². The van der Waals surface area contributed by atoms with Crippen LogP contribution in [-0.4, -0.2) is 21.9 Å². The molecule has 0 aliphatic rings. The predicted octanol–water partition coefficient (Wildman–Crippen LogP) is 4.62. The van der Waals surface area contributed by atoms with Crippen LogP contribution in [0.4, 0.5) is 0 Å². The molecule has 0 N–H and O–H groups in total. The maximum atomic E-state index is 13.0. The first-order valence-electron chi connectivity index (χ1n) is 8.19. The fourth-order valence-corrected chi connectivity index (χ4v) is 4.24. The highest BCUT2D eigenvalue weighted by Gasteiger charge is 2.14. The molecule has 4 aromatic rings. The van der Waals surface area contributed by atoms with Gasteiger partial charge in [0.15, 0.2) is 5.16 Å². The monoisotopic (exact) mass is 380 g/mol. The minimum absolute atomic E-state index is 0.0334. The average Bonchev–Trinajstić information content (AvgIpc) is 3.16. The van der Waals surface area contributed by atoms with Crippen molar-refractivity contribution in [2.24, 2.45) is 0 Å². The van der Waals surface area contributed by atoms with Gasteiger partial charge in [-0.15, -0.1) is 11.3 Å². The van der Waals surface area contributed by atoms with Crippen molar-refractivity contribution in [2.75, 3.05) is 12.4 Å². The van der Waals surface area contributed by atoms with Crippen molar-refractivity contribution in [1.82, 2.24) is 9.55 Å². The Bertz CT molecular complexity index is 1060. The standard InChI is InChI=1S/C20H16N2O2S2/c23-19-17-11-13-25-18(17)21-20(22(19)15-7-3-1-4-8-15)26-14-12-24-16-9-5-2-6-10-16/h1-11,13H,12,14H2. The van der Waals surface area contributed by atoms with Crippen molar-refractivity contribution >= 4 is 33.3 Å². The number of para-hydroxylation sites is 2. The molecule has 0 bridgehead atoms. The summed E-state index contributed by atoms with van der Waals surface area (Å²) in [6.07, 6.45) is 0. The largest absolute Gasteiger partial charge is 0.493 e. The number of hydrogen-bond donors (Lipinski definition) is 0. The van der Waals surface area contributed by atoms with Crippen LogP contribution in [0.1, 0.15) is 0 Å². The number of rotatable bonds is 6. The Balaban J connectivity index is 1.60. The first kappa shape index (κ1) is 16.9. The first-order chi connectivity index (χ1) is 12.8. The second-order valence-corrected chi connectivity index (χ2v) is 7.48. The predicted molar refractivity (Wildman–Crippen MR) is 108 cm³/mol. The van der Waals surface area contributed by atoms with Crippen molar-refractivity contribution < 1.29 is 4.74 Å². The fraction of sp³-hybridized carbons (Fsp3) is 0.100. The Morgan fingerprint density at radius 1 is 1.00 bits per heavy atom. The van der Waals surface area contributed by atoms with Crippen LogP contribution in [0.2, 0.25) is 0 Å². The van der Waals surface area contributed by atoms with Crippen LogP contribution in [-0.2, 0) is 0 Å². The summed E-state index contributed by atoms with van der Waals surface area (Å²) in [6, 6.07) is 21.2. The van der Waals surface area contributed by atoms with E-state index >= 15 is 0 Å². The normalized spacial score (nSPS) is 10.9. The SMILES string of the molecule is O=c1c2ccsc2nc(SCCOc2ccccc2)n1-c1ccccc1. The highest BCUT2D eigenvalue weighted by Crippen LogP contribution is 2.23. The summed E-state index contributed by atoms with van der Waals surface area (Å²) >= 11 is 3.01. The molecular weight excluding hydrogens is 364 g/mol. The molecule has 2 aromatic heterocycles. The summed E-state index contributed by atoms with van der Waals surface area (Å²) in [4.78, 5) is 18.4. The van der Waals surface area contributed by atoms with Gasteiger partial charge in [-0.2, -0.15) is 0 Å². The van der Waals surface area contributed by atoms with Gasteiger partial charge >= 0.3 is 0 Å². The number of ether oxygens (including phenoxy) is 1. The molecule has 2 heterocycles. The van der Waals surface area contributed by atoms with E-state index in [1.807, 2.05) is 72.1 Å². The molecular formula is C20H16N2O2S2. The Hall–Kier alpha value is -2.57. The second kappa shape index (κ2) is 7.76. The van der Waals surface area contributed by atoms with Crippen LogP contribution in [0.3, 0.4) is 0 Å². The number of fused-ring (bicyclic) bond motifs is 1. The van der Waals surface area contributed by atoms with Crippen molar-refractivity contribution in [3.05, 3.63) is 82.5 Å². The van der Waals surface area contributed by atoms with E-state index in [0.717, 1.165) is 16.3 Å². The van der Waals surface area contributed by atoms with Crippen molar-refractivity contribution in [1.29, 1.82) is 0 Å². The number of benzene rings is 2. The summed E-state index contributed by atoms with van der Waals surface area (Å²) in [5, 5.41) is 3.25. The molecule has 0 spiro atoms. The molecule has 0 amide bonds. The zero-order valence-corrected chi connectivity index (χ0v) is 15.5. The smallest absolute Gasteiger partial charge is 0.267 e. The van der Waals surface area contributed by atoms with E-state index in [1.54, 1.807) is 4.57 Å². The molecule has 26 heavy (non-hydrogen) atoms. The highest BCUT2D eigenvalue weighted by molar-refractivity contribution is 7.99. The van der Waals surface area contributed by atoms with Crippen molar-refractivity contribution in [3.63, 3.8) is 0 Å². The lowest BCUT2D eigenvalue weighted by atomic mass is 10.3. The molecule has 2 aromatic carbocycles. The molecule has 0 saturated carbocycles. The maximum Gasteiger partial charge on any atom is 0.267 e. The van der Waals surface area contributed by atoms with Gasteiger partial charge in [0.2, 0.25) is 0 Å². The molecule has 0 saturated heterocycles. The number of thiophene rings is 1. The Labute approximate surface area is 159 Å². The van der Waals surface area contributed by atoms with Gasteiger partial charge in [-0.25, -0.2) is 4.98 Å². The average molecular weight is 380 g/mol. The number of aromatic nitrogens is 2. The van der Waals surface area contributed by atoms with E-state index in [0.29, 0.717) is 22.9 Å². The van der Waals surface area contributed by atoms with Crippen LogP contribution < -0.4 is 10.3 Å². The summed E-state index contributed by atoms with van der Waals surface area (Å²) < 4.78 is 7.43. The summed E-state index contributed by atoms with van der Waals surface area (Å²) in [5.41, 5.74) is 0.790. The van der Waals surface area contributed by atoms with Gasteiger partial charge < -0.3 is 4.74 Å². The first-order valence-corrected chi connectivity index (χ1v) is 10.1. The minimum Gasteiger partial charge on any atom is -0.493 e. The summed E-state index contributed by atoms with van der Waals surface area (Å²) in [7, 11) is 0. The topological polar surface area (TPSA) is 44.1 Å². The van der Waals surface area contributed by atoms with Crippen LogP contribution in [0.15, 0.2) is 82.1 Å². The third-order valence-corrected chi connectivity index (χ3v) is 5.52. The lowest BCUT2D eigenvalue weighted by Crippen LogP contribution is -2.21. The zero-order chi connectivity index (χ0) is 17.8. The van der Waals surface area contributed by atoms with Gasteiger partial charge in [0.25, 0.3) is 5.56 Å². The molecule has 4 rings (SSSR count). The number of hydrogen-bond acceptors (Lipinski definition) is 5. The number of nitrogens with zero attached hydrogens (tertiary/aromatic N) is 2. The lowest BCUT2D eigenvalue weighted by molar-refractivity contribution is 0.344. The van der Waals surface area contributed by atoms with Crippen LogP contribution in [0.25, 0.3) is 15.9 Å². The van der Waals surface area contributed by atoms with E-state index < -0.39 is 0 Å². The van der Waals surface area contributed by atoms with E-state index in [4.69, 9.17) is 9.72 Å². The quantitative estimate of drug-likeness (QED) is 0.278. The molecule has 0 atom stereocenters. The third-order valence-electron chi connectivity index (χ3n) is 3.81. The van der Waals surface area contributed by atoms with Crippen LogP contribution >= 0.6 is 23.1 Å². The molecule has 0 fully saturated rings. The van der Waals surface area contributed by atoms with E-state index in [-0.39, 0.29) is 5.56 Å². The van der Waals surface area contributed by atoms with E-state index in [9.17, 15) is 4.79 Å². The summed E-state index contributed by atoms with van der Waals surface area (Å²) in [5.74, 6) is 1.54. The summed E-state index contributed by atoms with van der Waals surface area (Å²) in [6.45, 7) is 0.543. The Morgan fingerprint density at radius 2 is 1.73 bits per heavy atom. The van der Waals surface area contributed by atoms with E-state index in [1.165, 1.54) is 23.1 Å². The highest BCUT2D eigenvalue weighted by atomic mass is 32.2. The van der Waals surface area contributed by atoms with E-state index in [2.05, 4.69) is 0 Å². The minimum atomic E-state index is -0.0334. The van der Waals surface area contributed by atoms with Gasteiger partial charge in [0.1, 0.15) is 10.6 Å². The van der Waals surface area contributed by atoms with Gasteiger partial charge in [-0.3, -0.25) is 9.36 Å². The molecule has 0 aliphatic heterocycles. The molecule has 0 aliphatic carbocycles. The second-order valence-electron chi connectivity index (χ2n) is 5.52. The maximum absolute atomic E-state index is 13.0. The fourth-order valence-electron chi connectivity index (χ4n) is 2.61. The van der Waals surface area contributed by atoms with Crippen molar-refractivity contribution in [2.45, 2.75) is 5.16 Å². The molecule has 0 radical (unpaired) electrons. The van der Waals surface area contributed by atoms with Gasteiger partial charge in [-0.05, 0) is 35.7 Å². The lowest BCUT2D eigenvalue weighted by Gasteiger charge is -2.12. The number of thioether (sulfide) groups is 1. The van der Waals surface area contributed by atoms with Crippen LogP contribution in [0, 0.1) is 0 Å². The Kier molecular flexibility index (Phi) is 5.04. The molecule has 6 heteroatoms. The Morgan fingerprint density at radius 3 is 2.50 bits per heavy atom. The molecule has 130 valence electrons.